The summed E-state index contributed by atoms with van der Waals surface area (Å²) < 4.78 is 11.5. The average Bonchev–Trinajstić information content (AvgIpc) is 3.19. The summed E-state index contributed by atoms with van der Waals surface area (Å²) >= 11 is 1.56. The lowest BCUT2D eigenvalue weighted by molar-refractivity contribution is -0.122. The summed E-state index contributed by atoms with van der Waals surface area (Å²) in [6.45, 7) is 4.24. The summed E-state index contributed by atoms with van der Waals surface area (Å²) in [4.78, 5) is 20.4. The number of hydrogen-bond donors (Lipinski definition) is 1. The first kappa shape index (κ1) is 21.3. The van der Waals surface area contributed by atoms with Crippen molar-refractivity contribution in [2.75, 3.05) is 20.2 Å². The molecule has 4 rings (SSSR count). The second kappa shape index (κ2) is 9.94. The lowest BCUT2D eigenvalue weighted by atomic mass is 10.1. The van der Waals surface area contributed by atoms with Crippen molar-refractivity contribution in [3.63, 3.8) is 0 Å². The highest BCUT2D eigenvalue weighted by atomic mass is 32.1. The van der Waals surface area contributed by atoms with E-state index in [1.807, 2.05) is 54.0 Å². The van der Waals surface area contributed by atoms with Crippen LogP contribution >= 0.6 is 11.3 Å². The van der Waals surface area contributed by atoms with E-state index in [9.17, 15) is 4.79 Å². The molecule has 3 aromatic rings. The van der Waals surface area contributed by atoms with Gasteiger partial charge in [0.05, 0.1) is 36.3 Å². The largest absolute Gasteiger partial charge is 0.497 e. The molecule has 0 spiro atoms. The number of aromatic nitrogens is 1. The molecule has 0 aliphatic carbocycles. The lowest BCUT2D eigenvalue weighted by Gasteiger charge is -2.22. The molecule has 1 amide bonds. The molecule has 6 nitrogen and oxygen atoms in total. The van der Waals surface area contributed by atoms with Gasteiger partial charge in [0.1, 0.15) is 17.6 Å². The van der Waals surface area contributed by atoms with Gasteiger partial charge in [0, 0.05) is 24.2 Å². The molecule has 162 valence electrons. The Morgan fingerprint density at radius 2 is 2.13 bits per heavy atom. The van der Waals surface area contributed by atoms with Gasteiger partial charge in [0.25, 0.3) is 0 Å². The number of fused-ring (bicyclic) bond motifs is 1. The van der Waals surface area contributed by atoms with E-state index in [1.165, 1.54) is 0 Å². The molecule has 1 aliphatic rings. The van der Waals surface area contributed by atoms with Gasteiger partial charge >= 0.3 is 0 Å². The maximum absolute atomic E-state index is 12.8. The van der Waals surface area contributed by atoms with E-state index in [-0.39, 0.29) is 12.0 Å². The Balaban J connectivity index is 1.41. The molecular formula is C24H27N3O3S. The number of benzene rings is 2. The van der Waals surface area contributed by atoms with Crippen LogP contribution in [-0.4, -0.2) is 42.1 Å². The highest BCUT2D eigenvalue weighted by Crippen LogP contribution is 2.29. The Labute approximate surface area is 186 Å². The van der Waals surface area contributed by atoms with E-state index in [0.29, 0.717) is 26.2 Å². The number of thiazole rings is 1. The first-order chi connectivity index (χ1) is 15.2. The van der Waals surface area contributed by atoms with Crippen molar-refractivity contribution in [2.24, 2.45) is 0 Å². The molecule has 1 unspecified atom stereocenters. The van der Waals surface area contributed by atoms with Crippen LogP contribution in [0.4, 0.5) is 0 Å². The Kier molecular flexibility index (Phi) is 6.84. The van der Waals surface area contributed by atoms with Crippen molar-refractivity contribution in [2.45, 2.75) is 32.5 Å². The number of ether oxygens (including phenoxy) is 2. The van der Waals surface area contributed by atoms with Crippen LogP contribution in [-0.2, 0) is 17.9 Å². The Hall–Kier alpha value is -2.90. The van der Waals surface area contributed by atoms with Crippen LogP contribution in [0, 0.1) is 0 Å². The Morgan fingerprint density at radius 1 is 1.29 bits per heavy atom. The fraction of sp³-hybridized carbons (Fsp3) is 0.333. The summed E-state index contributed by atoms with van der Waals surface area (Å²) in [6, 6.07) is 15.9. The number of nitrogens with one attached hydrogen (secondary N) is 1. The van der Waals surface area contributed by atoms with Crippen LogP contribution in [0.1, 0.15) is 23.8 Å². The number of rotatable bonds is 7. The predicted octanol–water partition coefficient (Wildman–Crippen LogP) is 4.11. The zero-order valence-electron chi connectivity index (χ0n) is 17.8. The van der Waals surface area contributed by atoms with Crippen molar-refractivity contribution in [3.8, 4) is 22.8 Å². The highest BCUT2D eigenvalue weighted by Gasteiger charge is 2.24. The normalized spacial score (nSPS) is 16.1. The third-order valence-electron chi connectivity index (χ3n) is 5.37. The molecule has 0 saturated carbocycles. The molecule has 2 heterocycles. The number of nitrogens with zero attached hydrogens (tertiary/aromatic N) is 2. The maximum Gasteiger partial charge on any atom is 0.234 e. The molecule has 0 saturated heterocycles. The second-order valence-corrected chi connectivity index (χ2v) is 8.50. The molecule has 0 fully saturated rings. The van der Waals surface area contributed by atoms with E-state index < -0.39 is 0 Å². The third kappa shape index (κ3) is 5.24. The van der Waals surface area contributed by atoms with Crippen LogP contribution in [0.2, 0.25) is 0 Å². The first-order valence-electron chi connectivity index (χ1n) is 10.5. The van der Waals surface area contributed by atoms with Crippen molar-refractivity contribution in [1.29, 1.82) is 0 Å². The molecule has 2 aromatic carbocycles. The van der Waals surface area contributed by atoms with Gasteiger partial charge in [-0.1, -0.05) is 37.3 Å². The van der Waals surface area contributed by atoms with Crippen molar-refractivity contribution < 1.29 is 14.3 Å². The fourth-order valence-electron chi connectivity index (χ4n) is 3.73. The minimum Gasteiger partial charge on any atom is -0.497 e. The Bertz CT molecular complexity index is 1020. The summed E-state index contributed by atoms with van der Waals surface area (Å²) in [5.74, 6) is 1.65. The quantitative estimate of drug-likeness (QED) is 0.603. The number of amides is 1. The summed E-state index contributed by atoms with van der Waals surface area (Å²) in [6.07, 6.45) is 0.930. The van der Waals surface area contributed by atoms with Gasteiger partial charge in [0.15, 0.2) is 0 Å². The van der Waals surface area contributed by atoms with Crippen LogP contribution in [0.3, 0.4) is 0 Å². The minimum atomic E-state index is -0.00592. The van der Waals surface area contributed by atoms with Gasteiger partial charge in [-0.2, -0.15) is 0 Å². The van der Waals surface area contributed by atoms with Gasteiger partial charge in [-0.05, 0) is 24.6 Å². The van der Waals surface area contributed by atoms with Gasteiger partial charge in [-0.25, -0.2) is 4.98 Å². The maximum atomic E-state index is 12.8. The highest BCUT2D eigenvalue weighted by molar-refractivity contribution is 7.10. The van der Waals surface area contributed by atoms with E-state index >= 15 is 0 Å². The molecule has 31 heavy (non-hydrogen) atoms. The summed E-state index contributed by atoms with van der Waals surface area (Å²) in [5.41, 5.74) is 4.86. The zero-order valence-corrected chi connectivity index (χ0v) is 18.7. The zero-order chi connectivity index (χ0) is 21.6. The number of hydrogen-bond acceptors (Lipinski definition) is 6. The van der Waals surface area contributed by atoms with Gasteiger partial charge < -0.3 is 14.8 Å². The predicted molar refractivity (Wildman–Crippen MR) is 122 cm³/mol. The number of carbonyl (C=O) groups excluding carboxylic acids is 1. The fourth-order valence-corrected chi connectivity index (χ4v) is 4.45. The second-order valence-electron chi connectivity index (χ2n) is 7.56. The molecule has 0 radical (unpaired) electrons. The third-order valence-corrected chi connectivity index (χ3v) is 6.21. The standard InChI is InChI=1S/C24H27N3O3S/c1-3-19-14-27(13-18-11-20(29-2)9-10-21(18)30-19)15-23(28)25-12-22-24(26-16-31-22)17-7-5-4-6-8-17/h4-11,16,19H,3,12-15H2,1-2H3,(H,25,28). The van der Waals surface area contributed by atoms with Gasteiger partial charge in [0.2, 0.25) is 5.91 Å². The molecule has 1 atom stereocenters. The van der Waals surface area contributed by atoms with Crippen LogP contribution in [0.5, 0.6) is 11.5 Å². The SMILES string of the molecule is CCC1CN(CC(=O)NCc2scnc2-c2ccccc2)Cc2cc(OC)ccc2O1. The van der Waals surface area contributed by atoms with Gasteiger partial charge in [-0.15, -0.1) is 11.3 Å². The first-order valence-corrected chi connectivity index (χ1v) is 11.3. The van der Waals surface area contributed by atoms with E-state index in [2.05, 4.69) is 22.1 Å². The van der Waals surface area contributed by atoms with E-state index in [1.54, 1.807) is 18.4 Å². The van der Waals surface area contributed by atoms with E-state index in [4.69, 9.17) is 9.47 Å². The lowest BCUT2D eigenvalue weighted by Crippen LogP contribution is -2.40. The minimum absolute atomic E-state index is 0.00592. The monoisotopic (exact) mass is 437 g/mol. The summed E-state index contributed by atoms with van der Waals surface area (Å²) in [7, 11) is 1.66. The smallest absolute Gasteiger partial charge is 0.234 e. The number of methoxy groups -OCH3 is 1. The molecule has 1 N–H and O–H groups in total. The van der Waals surface area contributed by atoms with Gasteiger partial charge in [-0.3, -0.25) is 9.69 Å². The molecule has 1 aromatic heterocycles. The molecule has 1 aliphatic heterocycles. The van der Waals surface area contributed by atoms with Crippen LogP contribution in [0.25, 0.3) is 11.3 Å². The van der Waals surface area contributed by atoms with Crippen molar-refractivity contribution >= 4 is 17.2 Å². The summed E-state index contributed by atoms with van der Waals surface area (Å²) in [5, 5.41) is 3.07. The molecular weight excluding hydrogens is 410 g/mol. The van der Waals surface area contributed by atoms with Crippen LogP contribution < -0.4 is 14.8 Å². The molecule has 0 bridgehead atoms. The van der Waals surface area contributed by atoms with Crippen molar-refractivity contribution in [3.05, 3.63) is 64.5 Å². The van der Waals surface area contributed by atoms with E-state index in [0.717, 1.165) is 39.6 Å². The Morgan fingerprint density at radius 3 is 2.90 bits per heavy atom. The van der Waals surface area contributed by atoms with Crippen LogP contribution in [0.15, 0.2) is 54.0 Å². The molecule has 7 heteroatoms. The van der Waals surface area contributed by atoms with Crippen molar-refractivity contribution in [1.82, 2.24) is 15.2 Å². The topological polar surface area (TPSA) is 63.7 Å². The number of carbonyl (C=O) groups is 1. The average molecular weight is 438 g/mol.